The van der Waals surface area contributed by atoms with Crippen molar-refractivity contribution in [3.63, 3.8) is 0 Å². The Morgan fingerprint density at radius 1 is 1.11 bits per heavy atom. The van der Waals surface area contributed by atoms with Crippen LogP contribution in [-0.2, 0) is 6.54 Å². The highest BCUT2D eigenvalue weighted by molar-refractivity contribution is 6.32. The highest BCUT2D eigenvalue weighted by atomic mass is 35.5. The molecule has 9 heteroatoms. The van der Waals surface area contributed by atoms with E-state index in [2.05, 4.69) is 27.3 Å². The van der Waals surface area contributed by atoms with Crippen LogP contribution >= 0.6 is 23.2 Å². The maximum Gasteiger partial charge on any atom is 0.287 e. The molecule has 3 rings (SSSR count). The van der Waals surface area contributed by atoms with Crippen molar-refractivity contribution < 1.29 is 4.74 Å². The second-order valence-electron chi connectivity index (χ2n) is 6.77. The van der Waals surface area contributed by atoms with Crippen molar-refractivity contribution in [1.29, 1.82) is 0 Å². The molecule has 152 valence electrons. The van der Waals surface area contributed by atoms with Crippen LogP contribution in [0.4, 0.5) is 5.69 Å². The van der Waals surface area contributed by atoms with Gasteiger partial charge in [0, 0.05) is 44.3 Å². The van der Waals surface area contributed by atoms with Gasteiger partial charge >= 0.3 is 0 Å². The first-order valence-corrected chi connectivity index (χ1v) is 10.1. The number of likely N-dealkylation sites (N-methyl/N-ethyl adjacent to an activating group) is 1. The van der Waals surface area contributed by atoms with Crippen LogP contribution in [-0.4, -0.2) is 72.5 Å². The quantitative estimate of drug-likeness (QED) is 0.699. The minimum absolute atomic E-state index is 0.153. The number of halogens is 2. The summed E-state index contributed by atoms with van der Waals surface area (Å²) < 4.78 is 6.91. The van der Waals surface area contributed by atoms with Gasteiger partial charge in [-0.1, -0.05) is 23.2 Å². The van der Waals surface area contributed by atoms with Gasteiger partial charge < -0.3 is 15.0 Å². The van der Waals surface area contributed by atoms with Crippen LogP contribution in [0.3, 0.4) is 0 Å². The molecule has 1 fully saturated rings. The van der Waals surface area contributed by atoms with Gasteiger partial charge in [0.2, 0.25) is 0 Å². The lowest BCUT2D eigenvalue weighted by Crippen LogP contribution is -2.45. The molecule has 2 aromatic rings. The molecule has 7 nitrogen and oxygen atoms in total. The van der Waals surface area contributed by atoms with Gasteiger partial charge in [-0.15, -0.1) is 0 Å². The molecule has 1 N–H and O–H groups in total. The van der Waals surface area contributed by atoms with Gasteiger partial charge in [0.05, 0.1) is 18.4 Å². The fraction of sp³-hybridized carbons (Fsp3) is 0.474. The first-order valence-electron chi connectivity index (χ1n) is 9.31. The normalized spacial score (nSPS) is 15.5. The lowest BCUT2D eigenvalue weighted by Gasteiger charge is -2.32. The molecule has 1 saturated heterocycles. The zero-order valence-corrected chi connectivity index (χ0v) is 17.4. The van der Waals surface area contributed by atoms with E-state index < -0.39 is 0 Å². The molecule has 1 aromatic carbocycles. The molecule has 0 spiro atoms. The zero-order valence-electron chi connectivity index (χ0n) is 15.9. The van der Waals surface area contributed by atoms with Crippen molar-refractivity contribution in [2.75, 3.05) is 58.2 Å². The molecular weight excluding hydrogens is 401 g/mol. The van der Waals surface area contributed by atoms with E-state index >= 15 is 0 Å². The Bertz CT molecular complexity index is 820. The Kier molecular flexibility index (Phi) is 7.56. The summed E-state index contributed by atoms with van der Waals surface area (Å²) in [5.74, 6) is 0.686. The summed E-state index contributed by atoms with van der Waals surface area (Å²) in [6, 6.07) is 7.05. The molecule has 1 aliphatic rings. The number of nitrogens with zero attached hydrogens (tertiary/aromatic N) is 4. The number of ether oxygens (including phenoxy) is 1. The van der Waals surface area contributed by atoms with Crippen LogP contribution in [0.25, 0.3) is 0 Å². The number of nitrogens with one attached hydrogen (secondary N) is 1. The first-order chi connectivity index (χ1) is 13.5. The van der Waals surface area contributed by atoms with Crippen LogP contribution in [0.1, 0.15) is 0 Å². The number of benzene rings is 1. The second kappa shape index (κ2) is 10.1. The predicted molar refractivity (Wildman–Crippen MR) is 113 cm³/mol. The Labute approximate surface area is 174 Å². The summed E-state index contributed by atoms with van der Waals surface area (Å²) in [7, 11) is 2.14. The van der Waals surface area contributed by atoms with Gasteiger partial charge in [0.15, 0.2) is 0 Å². The Hall–Kier alpha value is -1.80. The summed E-state index contributed by atoms with van der Waals surface area (Å²) >= 11 is 12.1. The summed E-state index contributed by atoms with van der Waals surface area (Å²) in [4.78, 5) is 17.1. The van der Waals surface area contributed by atoms with Crippen molar-refractivity contribution in [2.45, 2.75) is 6.54 Å². The maximum absolute atomic E-state index is 12.4. The minimum atomic E-state index is -0.328. The predicted octanol–water partition coefficient (Wildman–Crippen LogP) is 2.29. The number of anilines is 1. The third kappa shape index (κ3) is 5.85. The second-order valence-corrected chi connectivity index (χ2v) is 7.59. The van der Waals surface area contributed by atoms with Crippen LogP contribution in [0.5, 0.6) is 5.75 Å². The molecule has 0 unspecified atom stereocenters. The highest BCUT2D eigenvalue weighted by Gasteiger charge is 2.14. The minimum Gasteiger partial charge on any atom is -0.492 e. The topological polar surface area (TPSA) is 62.6 Å². The van der Waals surface area contributed by atoms with Gasteiger partial charge in [0.25, 0.3) is 5.56 Å². The van der Waals surface area contributed by atoms with E-state index in [1.807, 2.05) is 0 Å². The molecule has 0 amide bonds. The molecule has 0 atom stereocenters. The summed E-state index contributed by atoms with van der Waals surface area (Å²) in [5, 5.41) is 8.21. The van der Waals surface area contributed by atoms with Gasteiger partial charge in [0.1, 0.15) is 17.4 Å². The molecule has 0 bridgehead atoms. The van der Waals surface area contributed by atoms with Crippen molar-refractivity contribution in [3.8, 4) is 5.75 Å². The maximum atomic E-state index is 12.4. The molecule has 1 aromatic heterocycles. The van der Waals surface area contributed by atoms with Crippen molar-refractivity contribution >= 4 is 28.9 Å². The fourth-order valence-electron chi connectivity index (χ4n) is 2.95. The number of rotatable bonds is 8. The number of hydrogen-bond donors (Lipinski definition) is 1. The third-order valence-electron chi connectivity index (χ3n) is 4.71. The molecule has 2 heterocycles. The number of piperazine rings is 1. The molecule has 28 heavy (non-hydrogen) atoms. The van der Waals surface area contributed by atoms with E-state index in [-0.39, 0.29) is 10.6 Å². The van der Waals surface area contributed by atoms with Gasteiger partial charge in [-0.3, -0.25) is 9.69 Å². The molecular formula is C19H25Cl2N5O2. The van der Waals surface area contributed by atoms with Crippen LogP contribution < -0.4 is 15.6 Å². The van der Waals surface area contributed by atoms with E-state index in [9.17, 15) is 4.79 Å². The smallest absolute Gasteiger partial charge is 0.287 e. The summed E-state index contributed by atoms with van der Waals surface area (Å²) in [6.07, 6.45) is 1.59. The fourth-order valence-corrected chi connectivity index (χ4v) is 3.29. The van der Waals surface area contributed by atoms with E-state index in [1.165, 1.54) is 4.68 Å². The van der Waals surface area contributed by atoms with E-state index in [0.29, 0.717) is 36.2 Å². The Morgan fingerprint density at radius 2 is 1.82 bits per heavy atom. The average Bonchev–Trinajstić information content (AvgIpc) is 2.70. The lowest BCUT2D eigenvalue weighted by molar-refractivity contribution is 0.158. The van der Waals surface area contributed by atoms with E-state index in [0.717, 1.165) is 32.7 Å². The first kappa shape index (κ1) is 20.9. The van der Waals surface area contributed by atoms with Gasteiger partial charge in [-0.05, 0) is 31.3 Å². The molecule has 0 radical (unpaired) electrons. The lowest BCUT2D eigenvalue weighted by atomic mass is 10.3. The van der Waals surface area contributed by atoms with Crippen LogP contribution in [0, 0.1) is 0 Å². The highest BCUT2D eigenvalue weighted by Crippen LogP contribution is 2.16. The largest absolute Gasteiger partial charge is 0.492 e. The van der Waals surface area contributed by atoms with Crippen molar-refractivity contribution in [1.82, 2.24) is 19.6 Å². The number of aromatic nitrogens is 2. The van der Waals surface area contributed by atoms with E-state index in [1.54, 1.807) is 30.5 Å². The van der Waals surface area contributed by atoms with Crippen molar-refractivity contribution in [3.05, 3.63) is 50.9 Å². The van der Waals surface area contributed by atoms with Crippen LogP contribution in [0.15, 0.2) is 35.3 Å². The van der Waals surface area contributed by atoms with Gasteiger partial charge in [-0.2, -0.15) is 5.10 Å². The third-order valence-corrected chi connectivity index (χ3v) is 5.33. The number of hydrogen-bond acceptors (Lipinski definition) is 6. The zero-order chi connectivity index (χ0) is 19.9. The monoisotopic (exact) mass is 425 g/mol. The van der Waals surface area contributed by atoms with E-state index in [4.69, 9.17) is 27.9 Å². The summed E-state index contributed by atoms with van der Waals surface area (Å²) in [5.41, 5.74) is 0.238. The molecule has 1 aliphatic heterocycles. The Balaban J connectivity index is 1.48. The SMILES string of the molecule is CN1CCN(CCNc2cnn(CCOc3ccc(Cl)cc3)c(=O)c2Cl)CC1. The van der Waals surface area contributed by atoms with Crippen molar-refractivity contribution in [2.24, 2.45) is 0 Å². The Morgan fingerprint density at radius 3 is 2.54 bits per heavy atom. The summed E-state index contributed by atoms with van der Waals surface area (Å²) in [6.45, 7) is 6.51. The molecule has 0 saturated carbocycles. The standard InChI is InChI=1S/C19H25Cl2N5O2/c1-24-8-10-25(11-9-24)7-6-22-17-14-23-26(19(27)18(17)21)12-13-28-16-4-2-15(20)3-5-16/h2-5,14,22H,6-13H2,1H3. The molecule has 0 aliphatic carbocycles. The van der Waals surface area contributed by atoms with Gasteiger partial charge in [-0.25, -0.2) is 4.68 Å². The van der Waals surface area contributed by atoms with Crippen LogP contribution in [0.2, 0.25) is 10.0 Å². The average molecular weight is 426 g/mol.